The summed E-state index contributed by atoms with van der Waals surface area (Å²) in [6, 6.07) is 4.06. The van der Waals surface area contributed by atoms with E-state index in [1.165, 1.54) is 18.2 Å². The quantitative estimate of drug-likeness (QED) is 0.824. The molecule has 1 rings (SSSR count). The van der Waals surface area contributed by atoms with Crippen LogP contribution < -0.4 is 4.72 Å². The molecule has 1 atom stereocenters. The molecule has 0 radical (unpaired) electrons. The predicted molar refractivity (Wildman–Crippen MR) is 75.7 cm³/mol. The Hall–Kier alpha value is -0.660. The van der Waals surface area contributed by atoms with Crippen molar-refractivity contribution in [3.8, 4) is 0 Å². The highest BCUT2D eigenvalue weighted by Gasteiger charge is 2.18. The van der Waals surface area contributed by atoms with Crippen molar-refractivity contribution in [2.45, 2.75) is 24.5 Å². The number of sulfonamides is 1. The van der Waals surface area contributed by atoms with Gasteiger partial charge in [0.2, 0.25) is 10.0 Å². The molecule has 1 aromatic rings. The number of hydrogen-bond acceptors (Lipinski definition) is 4. The Bertz CT molecular complexity index is 532. The fourth-order valence-corrected chi connectivity index (χ4v) is 3.22. The van der Waals surface area contributed by atoms with Crippen LogP contribution in [0.25, 0.3) is 0 Å². The first-order chi connectivity index (χ1) is 8.76. The second-order valence-corrected chi connectivity index (χ2v) is 6.82. The van der Waals surface area contributed by atoms with Crippen LogP contribution in [0.4, 0.5) is 0 Å². The summed E-state index contributed by atoms with van der Waals surface area (Å²) in [5.41, 5.74) is 0.393. The van der Waals surface area contributed by atoms with Gasteiger partial charge in [-0.3, -0.25) is 0 Å². The van der Waals surface area contributed by atoms with E-state index in [1.807, 2.05) is 19.0 Å². The molecule has 19 heavy (non-hydrogen) atoms. The normalized spacial score (nSPS) is 13.8. The van der Waals surface area contributed by atoms with Crippen LogP contribution in [0.15, 0.2) is 23.1 Å². The average molecular weight is 307 g/mol. The summed E-state index contributed by atoms with van der Waals surface area (Å²) in [6.07, 6.45) is 0. The van der Waals surface area contributed by atoms with Gasteiger partial charge in [0.05, 0.1) is 11.5 Å². The summed E-state index contributed by atoms with van der Waals surface area (Å²) >= 11 is 5.84. The van der Waals surface area contributed by atoms with Crippen LogP contribution in [0.2, 0.25) is 5.02 Å². The molecule has 0 spiro atoms. The molecule has 1 unspecified atom stereocenters. The number of benzene rings is 1. The van der Waals surface area contributed by atoms with E-state index in [0.717, 1.165) is 0 Å². The molecule has 0 aliphatic heterocycles. The largest absolute Gasteiger partial charge is 0.392 e. The lowest BCUT2D eigenvalue weighted by atomic mass is 10.2. The standard InChI is InChI=1S/C12H19ClN2O3S/c1-9(7-15(2)3)14-19(17,18)11-4-5-12(13)10(6-11)8-16/h4-6,9,14,16H,7-8H2,1-3H3. The van der Waals surface area contributed by atoms with E-state index in [1.54, 1.807) is 6.92 Å². The van der Waals surface area contributed by atoms with Gasteiger partial charge in [-0.15, -0.1) is 0 Å². The van der Waals surface area contributed by atoms with E-state index in [0.29, 0.717) is 17.1 Å². The van der Waals surface area contributed by atoms with Crippen molar-refractivity contribution < 1.29 is 13.5 Å². The third-order valence-electron chi connectivity index (χ3n) is 2.49. The van der Waals surface area contributed by atoms with Crippen molar-refractivity contribution in [3.63, 3.8) is 0 Å². The van der Waals surface area contributed by atoms with E-state index in [2.05, 4.69) is 4.72 Å². The summed E-state index contributed by atoms with van der Waals surface area (Å²) < 4.78 is 26.9. The Morgan fingerprint density at radius 1 is 1.42 bits per heavy atom. The first kappa shape index (κ1) is 16.4. The molecule has 1 aromatic carbocycles. The number of hydrogen-bond donors (Lipinski definition) is 2. The van der Waals surface area contributed by atoms with Gasteiger partial charge in [0.25, 0.3) is 0 Å². The van der Waals surface area contributed by atoms with Gasteiger partial charge in [-0.2, -0.15) is 0 Å². The first-order valence-electron chi connectivity index (χ1n) is 5.82. The Morgan fingerprint density at radius 2 is 2.05 bits per heavy atom. The van der Waals surface area contributed by atoms with Gasteiger partial charge >= 0.3 is 0 Å². The molecular formula is C12H19ClN2O3S. The molecule has 108 valence electrons. The third-order valence-corrected chi connectivity index (χ3v) is 4.45. The second-order valence-electron chi connectivity index (χ2n) is 4.70. The van der Waals surface area contributed by atoms with Crippen LogP contribution >= 0.6 is 11.6 Å². The number of likely N-dealkylation sites (N-methyl/N-ethyl adjacent to an activating group) is 1. The summed E-state index contributed by atoms with van der Waals surface area (Å²) in [5, 5.41) is 9.45. The van der Waals surface area contributed by atoms with Crippen LogP contribution in [0.5, 0.6) is 0 Å². The van der Waals surface area contributed by atoms with Crippen LogP contribution in [0.3, 0.4) is 0 Å². The molecule has 0 saturated carbocycles. The van der Waals surface area contributed by atoms with E-state index >= 15 is 0 Å². The van der Waals surface area contributed by atoms with Crippen molar-refractivity contribution in [2.75, 3.05) is 20.6 Å². The van der Waals surface area contributed by atoms with E-state index in [4.69, 9.17) is 16.7 Å². The van der Waals surface area contributed by atoms with Gasteiger partial charge in [-0.05, 0) is 44.8 Å². The van der Waals surface area contributed by atoms with Crippen molar-refractivity contribution in [3.05, 3.63) is 28.8 Å². The molecule has 0 heterocycles. The molecule has 0 aromatic heterocycles. The number of aliphatic hydroxyl groups excluding tert-OH is 1. The number of aliphatic hydroxyl groups is 1. The molecule has 0 saturated heterocycles. The zero-order valence-electron chi connectivity index (χ0n) is 11.2. The maximum absolute atomic E-state index is 12.1. The van der Waals surface area contributed by atoms with E-state index in [-0.39, 0.29) is 17.5 Å². The van der Waals surface area contributed by atoms with Crippen LogP contribution in [-0.4, -0.2) is 45.1 Å². The molecule has 0 fully saturated rings. The number of nitrogens with zero attached hydrogens (tertiary/aromatic N) is 1. The second kappa shape index (κ2) is 6.67. The number of halogens is 1. The van der Waals surface area contributed by atoms with Crippen molar-refractivity contribution in [1.82, 2.24) is 9.62 Å². The van der Waals surface area contributed by atoms with E-state index in [9.17, 15) is 8.42 Å². The minimum atomic E-state index is -3.60. The lowest BCUT2D eigenvalue weighted by Crippen LogP contribution is -2.39. The summed E-state index contributed by atoms with van der Waals surface area (Å²) in [7, 11) is 0.143. The highest BCUT2D eigenvalue weighted by molar-refractivity contribution is 7.89. The van der Waals surface area contributed by atoms with Gasteiger partial charge in [0.15, 0.2) is 0 Å². The Kier molecular flexibility index (Phi) is 5.76. The van der Waals surface area contributed by atoms with E-state index < -0.39 is 10.0 Å². The van der Waals surface area contributed by atoms with Gasteiger partial charge in [0.1, 0.15) is 0 Å². The summed E-state index contributed by atoms with van der Waals surface area (Å²) in [6.45, 7) is 2.09. The summed E-state index contributed by atoms with van der Waals surface area (Å²) in [4.78, 5) is 2.00. The molecule has 0 aliphatic rings. The molecule has 0 amide bonds. The Labute approximate surface area is 119 Å². The highest BCUT2D eigenvalue weighted by Crippen LogP contribution is 2.20. The minimum absolute atomic E-state index is 0.103. The topological polar surface area (TPSA) is 69.6 Å². The van der Waals surface area contributed by atoms with Gasteiger partial charge in [0, 0.05) is 17.6 Å². The average Bonchev–Trinajstić information content (AvgIpc) is 2.27. The first-order valence-corrected chi connectivity index (χ1v) is 7.68. The SMILES string of the molecule is CC(CN(C)C)NS(=O)(=O)c1ccc(Cl)c(CO)c1. The third kappa shape index (κ3) is 4.74. The molecule has 5 nitrogen and oxygen atoms in total. The Balaban J connectivity index is 2.94. The fourth-order valence-electron chi connectivity index (χ4n) is 1.76. The summed E-state index contributed by atoms with van der Waals surface area (Å²) in [5.74, 6) is 0. The molecule has 0 bridgehead atoms. The monoisotopic (exact) mass is 306 g/mol. The lowest BCUT2D eigenvalue weighted by molar-refractivity contribution is 0.281. The molecule has 2 N–H and O–H groups in total. The van der Waals surface area contributed by atoms with Crippen molar-refractivity contribution in [1.29, 1.82) is 0 Å². The zero-order chi connectivity index (χ0) is 14.6. The van der Waals surface area contributed by atoms with Crippen molar-refractivity contribution in [2.24, 2.45) is 0 Å². The van der Waals surface area contributed by atoms with Gasteiger partial charge < -0.3 is 10.0 Å². The highest BCUT2D eigenvalue weighted by atomic mass is 35.5. The van der Waals surface area contributed by atoms with Crippen LogP contribution in [-0.2, 0) is 16.6 Å². The van der Waals surface area contributed by atoms with Gasteiger partial charge in [-0.25, -0.2) is 13.1 Å². The smallest absolute Gasteiger partial charge is 0.240 e. The Morgan fingerprint density at radius 3 is 2.58 bits per heavy atom. The van der Waals surface area contributed by atoms with Crippen LogP contribution in [0, 0.1) is 0 Å². The maximum Gasteiger partial charge on any atom is 0.240 e. The molecule has 0 aliphatic carbocycles. The van der Waals surface area contributed by atoms with Crippen molar-refractivity contribution >= 4 is 21.6 Å². The predicted octanol–water partition coefficient (Wildman–Crippen LogP) is 1.06. The molecule has 7 heteroatoms. The maximum atomic E-state index is 12.1. The van der Waals surface area contributed by atoms with Crippen LogP contribution in [0.1, 0.15) is 12.5 Å². The number of nitrogens with one attached hydrogen (secondary N) is 1. The fraction of sp³-hybridized carbons (Fsp3) is 0.500. The number of rotatable bonds is 6. The molecular weight excluding hydrogens is 288 g/mol. The zero-order valence-corrected chi connectivity index (χ0v) is 12.8. The lowest BCUT2D eigenvalue weighted by Gasteiger charge is -2.18. The van der Waals surface area contributed by atoms with Gasteiger partial charge in [-0.1, -0.05) is 11.6 Å². The minimum Gasteiger partial charge on any atom is -0.392 e.